The molecule has 0 bridgehead atoms. The van der Waals surface area contributed by atoms with Crippen LogP contribution in [0, 0.1) is 5.92 Å². The van der Waals surface area contributed by atoms with E-state index < -0.39 is 17.9 Å². The third-order valence-corrected chi connectivity index (χ3v) is 7.40. The predicted molar refractivity (Wildman–Crippen MR) is 134 cm³/mol. The summed E-state index contributed by atoms with van der Waals surface area (Å²) >= 11 is 6.20. The molecule has 11 heteroatoms. The van der Waals surface area contributed by atoms with Crippen LogP contribution in [0.1, 0.15) is 29.8 Å². The molecule has 0 N–H and O–H groups in total. The number of halogens is 3. The number of nitrogens with zero attached hydrogens (tertiary/aromatic N) is 6. The first kappa shape index (κ1) is 24.4. The Morgan fingerprint density at radius 1 is 1.11 bits per heavy atom. The van der Waals surface area contributed by atoms with Gasteiger partial charge in [-0.1, -0.05) is 11.6 Å². The van der Waals surface area contributed by atoms with E-state index >= 15 is 0 Å². The molecule has 1 saturated heterocycles. The van der Waals surface area contributed by atoms with Gasteiger partial charge in [0, 0.05) is 43.8 Å². The molecule has 2 amide bonds. The van der Waals surface area contributed by atoms with Crippen molar-refractivity contribution in [3.8, 4) is 0 Å². The van der Waals surface area contributed by atoms with Crippen LogP contribution in [0.15, 0.2) is 41.8 Å². The van der Waals surface area contributed by atoms with Crippen LogP contribution in [-0.4, -0.2) is 78.6 Å². The van der Waals surface area contributed by atoms with Crippen LogP contribution in [0.25, 0.3) is 0 Å². The van der Waals surface area contributed by atoms with Gasteiger partial charge in [0.2, 0.25) is 5.91 Å². The Morgan fingerprint density at radius 3 is 2.50 bits per heavy atom. The van der Waals surface area contributed by atoms with E-state index in [1.807, 2.05) is 26.0 Å². The Balaban J connectivity index is 1.30. The van der Waals surface area contributed by atoms with Crippen molar-refractivity contribution in [3.05, 3.63) is 52.8 Å². The zero-order chi connectivity index (χ0) is 25.8. The smallest absolute Gasteiger partial charge is 0.279 e. The summed E-state index contributed by atoms with van der Waals surface area (Å²) in [6, 6.07) is 7.22. The lowest BCUT2D eigenvalue weighted by Gasteiger charge is -2.38. The number of hydrogen-bond acceptors (Lipinski definition) is 6. The highest BCUT2D eigenvalue weighted by atomic mass is 35.5. The zero-order valence-corrected chi connectivity index (χ0v) is 21.0. The Kier molecular flexibility index (Phi) is 6.10. The van der Waals surface area contributed by atoms with Crippen LogP contribution in [0.5, 0.6) is 0 Å². The molecule has 0 saturated carbocycles. The van der Waals surface area contributed by atoms with Gasteiger partial charge in [-0.2, -0.15) is 5.10 Å². The average molecular weight is 517 g/mol. The molecule has 0 aliphatic carbocycles. The van der Waals surface area contributed by atoms with E-state index in [0.29, 0.717) is 42.5 Å². The van der Waals surface area contributed by atoms with Crippen molar-refractivity contribution < 1.29 is 18.4 Å². The monoisotopic (exact) mass is 516 g/mol. The van der Waals surface area contributed by atoms with Crippen LogP contribution in [-0.2, 0) is 10.3 Å². The summed E-state index contributed by atoms with van der Waals surface area (Å²) in [5, 5.41) is 5.80. The number of aromatic nitrogens is 1. The molecule has 3 aliphatic rings. The van der Waals surface area contributed by atoms with Crippen molar-refractivity contribution in [3.63, 3.8) is 0 Å². The summed E-state index contributed by atoms with van der Waals surface area (Å²) in [7, 11) is 1.59. The highest BCUT2D eigenvalue weighted by molar-refractivity contribution is 6.31. The fraction of sp³-hybridized carbons (Fsp3) is 0.440. The normalized spacial score (nSPS) is 21.4. The van der Waals surface area contributed by atoms with E-state index in [-0.39, 0.29) is 24.1 Å². The molecule has 4 heterocycles. The number of benzene rings is 1. The summed E-state index contributed by atoms with van der Waals surface area (Å²) in [5.41, 5.74) is 2.00. The van der Waals surface area contributed by atoms with E-state index in [9.17, 15) is 18.4 Å². The lowest BCUT2D eigenvalue weighted by molar-refractivity contribution is -0.133. The number of hydrazone groups is 1. The second kappa shape index (κ2) is 8.99. The zero-order valence-electron chi connectivity index (χ0n) is 20.3. The largest absolute Gasteiger partial charge is 0.367 e. The second-order valence-electron chi connectivity index (χ2n) is 9.82. The number of carbonyl (C=O) groups is 2. The van der Waals surface area contributed by atoms with E-state index in [0.717, 1.165) is 11.3 Å². The predicted octanol–water partition coefficient (Wildman–Crippen LogP) is 3.46. The number of anilines is 2. The van der Waals surface area contributed by atoms with Gasteiger partial charge in [0.25, 0.3) is 12.3 Å². The lowest BCUT2D eigenvalue weighted by atomic mass is 9.93. The maximum atomic E-state index is 13.4. The highest BCUT2D eigenvalue weighted by Gasteiger charge is 2.44. The Labute approximate surface area is 213 Å². The molecule has 3 aliphatic heterocycles. The molecule has 1 atom stereocenters. The van der Waals surface area contributed by atoms with Crippen LogP contribution in [0.2, 0.25) is 5.02 Å². The van der Waals surface area contributed by atoms with Crippen molar-refractivity contribution >= 4 is 40.5 Å². The highest BCUT2D eigenvalue weighted by Crippen LogP contribution is 2.43. The number of piperazine rings is 1. The minimum Gasteiger partial charge on any atom is -0.367 e. The molecule has 8 nitrogen and oxygen atoms in total. The standard InChI is InChI=1S/C25H27ClF2N6O2/c1-25(2)20-10-15(26)4-5-18(20)24(36)34(25)17-11-16(12-29-13-17)32-6-8-33(9-7-32)23(35)19-14-31(3)30-21(19)22(27)28/h4-5,10-13,19,22H,6-9,14H2,1-3H3. The van der Waals surface area contributed by atoms with Gasteiger partial charge in [-0.3, -0.25) is 24.5 Å². The number of alkyl halides is 2. The molecule has 1 fully saturated rings. The Bertz CT molecular complexity index is 1240. The first-order valence-electron chi connectivity index (χ1n) is 11.8. The van der Waals surface area contributed by atoms with Gasteiger partial charge in [0.1, 0.15) is 11.6 Å². The molecule has 190 valence electrons. The van der Waals surface area contributed by atoms with Crippen molar-refractivity contribution in [2.75, 3.05) is 49.6 Å². The molecule has 0 radical (unpaired) electrons. The summed E-state index contributed by atoms with van der Waals surface area (Å²) in [5.74, 6) is -1.34. The van der Waals surface area contributed by atoms with Gasteiger partial charge in [-0.05, 0) is 43.7 Å². The lowest BCUT2D eigenvalue weighted by Crippen LogP contribution is -2.52. The first-order valence-corrected chi connectivity index (χ1v) is 12.2. The third kappa shape index (κ3) is 4.07. The van der Waals surface area contributed by atoms with Gasteiger partial charge in [0.05, 0.1) is 35.9 Å². The molecule has 1 aromatic heterocycles. The molecular weight excluding hydrogens is 490 g/mol. The summed E-state index contributed by atoms with van der Waals surface area (Å²) in [4.78, 5) is 36.1. The number of amides is 2. The van der Waals surface area contributed by atoms with E-state index in [4.69, 9.17) is 11.6 Å². The van der Waals surface area contributed by atoms with Gasteiger partial charge in [-0.15, -0.1) is 0 Å². The second-order valence-corrected chi connectivity index (χ2v) is 10.3. The van der Waals surface area contributed by atoms with Gasteiger partial charge >= 0.3 is 0 Å². The Hall–Kier alpha value is -3.27. The van der Waals surface area contributed by atoms with E-state index in [1.54, 1.807) is 41.4 Å². The molecule has 5 rings (SSSR count). The molecule has 2 aromatic rings. The number of pyridine rings is 1. The molecular formula is C25H27ClF2N6O2. The number of fused-ring (bicyclic) bond motifs is 1. The quantitative estimate of drug-likeness (QED) is 0.622. The maximum absolute atomic E-state index is 13.4. The van der Waals surface area contributed by atoms with E-state index in [1.165, 1.54) is 5.01 Å². The van der Waals surface area contributed by atoms with Crippen molar-refractivity contribution in [2.45, 2.75) is 25.8 Å². The van der Waals surface area contributed by atoms with Crippen LogP contribution in [0.3, 0.4) is 0 Å². The van der Waals surface area contributed by atoms with Crippen LogP contribution in [0.4, 0.5) is 20.2 Å². The molecule has 1 unspecified atom stereocenters. The van der Waals surface area contributed by atoms with Gasteiger partial charge in [0.15, 0.2) is 0 Å². The van der Waals surface area contributed by atoms with Crippen molar-refractivity contribution in [1.82, 2.24) is 14.9 Å². The van der Waals surface area contributed by atoms with Crippen molar-refractivity contribution in [1.29, 1.82) is 0 Å². The Morgan fingerprint density at radius 2 is 1.81 bits per heavy atom. The SMILES string of the molecule is CN1CC(C(=O)N2CCN(c3cncc(N4C(=O)c5ccc(Cl)cc5C4(C)C)c3)CC2)C(C(F)F)=N1. The number of carbonyl (C=O) groups excluding carboxylic acids is 2. The minimum atomic E-state index is -2.75. The fourth-order valence-corrected chi connectivity index (χ4v) is 5.50. The maximum Gasteiger partial charge on any atom is 0.279 e. The van der Waals surface area contributed by atoms with Crippen molar-refractivity contribution in [2.24, 2.45) is 11.0 Å². The average Bonchev–Trinajstić information content (AvgIpc) is 3.33. The fourth-order valence-electron chi connectivity index (χ4n) is 5.33. The van der Waals surface area contributed by atoms with Gasteiger partial charge < -0.3 is 9.80 Å². The molecule has 36 heavy (non-hydrogen) atoms. The summed E-state index contributed by atoms with van der Waals surface area (Å²) < 4.78 is 26.7. The van der Waals surface area contributed by atoms with Crippen LogP contribution < -0.4 is 9.80 Å². The molecule has 1 aromatic carbocycles. The van der Waals surface area contributed by atoms with Gasteiger partial charge in [-0.25, -0.2) is 8.78 Å². The third-order valence-electron chi connectivity index (χ3n) is 7.17. The first-order chi connectivity index (χ1) is 17.1. The summed E-state index contributed by atoms with van der Waals surface area (Å²) in [6.45, 7) is 5.96. The summed E-state index contributed by atoms with van der Waals surface area (Å²) in [6.07, 6.45) is 0.642. The number of hydrogen-bond donors (Lipinski definition) is 0. The topological polar surface area (TPSA) is 72.4 Å². The van der Waals surface area contributed by atoms with E-state index in [2.05, 4.69) is 15.0 Å². The minimum absolute atomic E-state index is 0.112. The number of rotatable bonds is 4. The molecule has 0 spiro atoms. The van der Waals surface area contributed by atoms with Crippen LogP contribution >= 0.6 is 11.6 Å².